The molecule has 0 aliphatic carbocycles. The average Bonchev–Trinajstić information content (AvgIpc) is 3.51. The Labute approximate surface area is 196 Å². The van der Waals surface area contributed by atoms with E-state index in [0.29, 0.717) is 44.0 Å². The first-order valence-electron chi connectivity index (χ1n) is 10.6. The summed E-state index contributed by atoms with van der Waals surface area (Å²) in [7, 11) is -3.69. The normalized spacial score (nSPS) is 19.7. The Kier molecular flexibility index (Phi) is 5.94. The van der Waals surface area contributed by atoms with Crippen molar-refractivity contribution >= 4 is 38.6 Å². The van der Waals surface area contributed by atoms with Crippen LogP contribution in [0.2, 0.25) is 0 Å². The monoisotopic (exact) mass is 488 g/mol. The predicted octanol–water partition coefficient (Wildman–Crippen LogP) is 3.93. The fourth-order valence-electron chi connectivity index (χ4n) is 4.39. The van der Waals surface area contributed by atoms with E-state index in [1.54, 1.807) is 47.8 Å². The smallest absolute Gasteiger partial charge is 0.254 e. The molecule has 0 bridgehead atoms. The summed E-state index contributed by atoms with van der Waals surface area (Å²) < 4.78 is 33.3. The number of benzene rings is 1. The molecule has 1 aromatic carbocycles. The molecule has 1 saturated heterocycles. The van der Waals surface area contributed by atoms with Crippen LogP contribution in [0.4, 0.5) is 0 Å². The van der Waals surface area contributed by atoms with E-state index in [1.165, 1.54) is 14.7 Å². The Balaban J connectivity index is 1.51. The van der Waals surface area contributed by atoms with Gasteiger partial charge < -0.3 is 9.64 Å². The molecule has 0 radical (unpaired) electrons. The van der Waals surface area contributed by atoms with E-state index in [0.717, 1.165) is 11.3 Å². The van der Waals surface area contributed by atoms with Crippen molar-refractivity contribution in [3.05, 3.63) is 73.6 Å². The summed E-state index contributed by atoms with van der Waals surface area (Å²) >= 11 is 3.37. The number of amides is 1. The van der Waals surface area contributed by atoms with Crippen LogP contribution in [0.15, 0.2) is 52.1 Å². The van der Waals surface area contributed by atoms with Crippen molar-refractivity contribution in [1.82, 2.24) is 9.21 Å². The number of nitrogens with zero attached hydrogens (tertiary/aromatic N) is 2. The number of sulfonamides is 1. The fourth-order valence-corrected chi connectivity index (χ4v) is 7.81. The van der Waals surface area contributed by atoms with Gasteiger partial charge in [0, 0.05) is 35.0 Å². The number of hydrogen-bond donors (Lipinski definition) is 0. The van der Waals surface area contributed by atoms with E-state index in [1.807, 2.05) is 16.3 Å². The molecule has 2 aromatic heterocycles. The molecule has 4 heterocycles. The minimum atomic E-state index is -3.69. The lowest BCUT2D eigenvalue weighted by Gasteiger charge is -2.35. The highest BCUT2D eigenvalue weighted by Crippen LogP contribution is 2.40. The second kappa shape index (κ2) is 8.72. The zero-order valence-corrected chi connectivity index (χ0v) is 20.1. The first-order chi connectivity index (χ1) is 15.5. The van der Waals surface area contributed by atoms with Crippen LogP contribution >= 0.6 is 22.7 Å². The molecule has 1 atom stereocenters. The third-order valence-electron chi connectivity index (χ3n) is 6.06. The van der Waals surface area contributed by atoms with Gasteiger partial charge in [-0.3, -0.25) is 4.79 Å². The van der Waals surface area contributed by atoms with Crippen molar-refractivity contribution in [1.29, 1.82) is 0 Å². The molecule has 2 aliphatic heterocycles. The van der Waals surface area contributed by atoms with Crippen LogP contribution in [-0.4, -0.2) is 56.4 Å². The van der Waals surface area contributed by atoms with Gasteiger partial charge in [-0.15, -0.1) is 22.7 Å². The first kappa shape index (κ1) is 21.8. The number of aryl methyl sites for hydroxylation is 1. The molecule has 0 saturated carbocycles. The minimum absolute atomic E-state index is 0.140. The summed E-state index contributed by atoms with van der Waals surface area (Å²) in [4.78, 5) is 18.2. The van der Waals surface area contributed by atoms with Crippen molar-refractivity contribution in [2.45, 2.75) is 24.3 Å². The van der Waals surface area contributed by atoms with Gasteiger partial charge >= 0.3 is 0 Å². The maximum absolute atomic E-state index is 13.7. The molecule has 5 rings (SSSR count). The van der Waals surface area contributed by atoms with E-state index in [9.17, 15) is 13.2 Å². The molecule has 0 unspecified atom stereocenters. The second-order valence-electron chi connectivity index (χ2n) is 7.96. The fraction of sp³-hybridized carbons (Fsp3) is 0.348. The van der Waals surface area contributed by atoms with Crippen LogP contribution in [0.5, 0.6) is 0 Å². The van der Waals surface area contributed by atoms with Crippen molar-refractivity contribution in [3.63, 3.8) is 0 Å². The molecular formula is C23H24N2O4S3. The summed E-state index contributed by atoms with van der Waals surface area (Å²) in [5.41, 5.74) is 2.22. The largest absolute Gasteiger partial charge is 0.379 e. The summed E-state index contributed by atoms with van der Waals surface area (Å²) in [5, 5.41) is 4.11. The first-order valence-corrected chi connectivity index (χ1v) is 13.8. The number of morpholine rings is 1. The van der Waals surface area contributed by atoms with Gasteiger partial charge in [0.25, 0.3) is 5.91 Å². The van der Waals surface area contributed by atoms with Gasteiger partial charge in [-0.25, -0.2) is 8.42 Å². The highest BCUT2D eigenvalue weighted by Gasteiger charge is 2.35. The van der Waals surface area contributed by atoms with Gasteiger partial charge in [-0.2, -0.15) is 4.31 Å². The standard InChI is InChI=1S/C23H24N2O4S3/c1-16-4-5-17(15-21(16)32(27,28)24-9-11-29-12-10-24)23(26)25-8-6-19-18(7-14-31-19)22(25)20-3-2-13-30-20/h2-5,7,13-15,22H,6,8-12H2,1H3/t22-/m0/s1. The Morgan fingerprint density at radius 3 is 2.62 bits per heavy atom. The summed E-state index contributed by atoms with van der Waals surface area (Å²) in [6, 6.07) is 11.1. The van der Waals surface area contributed by atoms with E-state index in [-0.39, 0.29) is 16.8 Å². The lowest BCUT2D eigenvalue weighted by molar-refractivity contribution is 0.0698. The molecule has 3 aromatic rings. The molecule has 2 aliphatic rings. The van der Waals surface area contributed by atoms with Gasteiger partial charge in [0.2, 0.25) is 10.0 Å². The number of ether oxygens (including phenoxy) is 1. The van der Waals surface area contributed by atoms with Crippen LogP contribution in [0.25, 0.3) is 0 Å². The summed E-state index contributed by atoms with van der Waals surface area (Å²) in [6.07, 6.45) is 0.811. The average molecular weight is 489 g/mol. The lowest BCUT2D eigenvalue weighted by Crippen LogP contribution is -2.41. The number of thiophene rings is 2. The SMILES string of the molecule is Cc1ccc(C(=O)N2CCc3sccc3[C@H]2c2cccs2)cc1S(=O)(=O)N1CCOCC1. The Hall–Kier alpha value is -2.04. The van der Waals surface area contributed by atoms with Gasteiger partial charge in [0.1, 0.15) is 0 Å². The topological polar surface area (TPSA) is 66.9 Å². The molecule has 1 fully saturated rings. The van der Waals surface area contributed by atoms with E-state index < -0.39 is 10.0 Å². The van der Waals surface area contributed by atoms with E-state index >= 15 is 0 Å². The number of carbonyl (C=O) groups excluding carboxylic acids is 1. The number of carbonyl (C=O) groups is 1. The van der Waals surface area contributed by atoms with Crippen molar-refractivity contribution in [2.24, 2.45) is 0 Å². The van der Waals surface area contributed by atoms with Crippen LogP contribution in [0.1, 0.15) is 37.3 Å². The Morgan fingerprint density at radius 1 is 1.06 bits per heavy atom. The molecule has 0 spiro atoms. The minimum Gasteiger partial charge on any atom is -0.379 e. The molecular weight excluding hydrogens is 464 g/mol. The third-order valence-corrected chi connectivity index (χ3v) is 10.0. The highest BCUT2D eigenvalue weighted by atomic mass is 32.2. The van der Waals surface area contributed by atoms with Gasteiger partial charge in [-0.1, -0.05) is 12.1 Å². The zero-order chi connectivity index (χ0) is 22.3. The molecule has 168 valence electrons. The summed E-state index contributed by atoms with van der Waals surface area (Å²) in [6.45, 7) is 3.80. The van der Waals surface area contributed by atoms with Gasteiger partial charge in [0.15, 0.2) is 0 Å². The van der Waals surface area contributed by atoms with Crippen molar-refractivity contribution < 1.29 is 17.9 Å². The predicted molar refractivity (Wildman–Crippen MR) is 126 cm³/mol. The van der Waals surface area contributed by atoms with Crippen molar-refractivity contribution in [2.75, 3.05) is 32.8 Å². The van der Waals surface area contributed by atoms with Crippen molar-refractivity contribution in [3.8, 4) is 0 Å². The Bertz CT molecular complexity index is 1230. The van der Waals surface area contributed by atoms with E-state index in [4.69, 9.17) is 4.74 Å². The molecule has 32 heavy (non-hydrogen) atoms. The number of rotatable bonds is 4. The second-order valence-corrected chi connectivity index (χ2v) is 11.8. The lowest BCUT2D eigenvalue weighted by atomic mass is 9.97. The molecule has 0 N–H and O–H groups in total. The van der Waals surface area contributed by atoms with E-state index in [2.05, 4.69) is 17.5 Å². The Morgan fingerprint density at radius 2 is 1.88 bits per heavy atom. The quantitative estimate of drug-likeness (QED) is 0.558. The number of fused-ring (bicyclic) bond motifs is 1. The molecule has 1 amide bonds. The molecule has 9 heteroatoms. The summed E-state index contributed by atoms with van der Waals surface area (Å²) in [5.74, 6) is -0.140. The highest BCUT2D eigenvalue weighted by molar-refractivity contribution is 7.89. The van der Waals surface area contributed by atoms with Crippen LogP contribution in [0.3, 0.4) is 0 Å². The number of hydrogen-bond acceptors (Lipinski definition) is 6. The molecule has 6 nitrogen and oxygen atoms in total. The third kappa shape index (κ3) is 3.82. The van der Waals surface area contributed by atoms with Gasteiger partial charge in [0.05, 0.1) is 24.2 Å². The van der Waals surface area contributed by atoms with Crippen LogP contribution in [-0.2, 0) is 21.2 Å². The van der Waals surface area contributed by atoms with Gasteiger partial charge in [-0.05, 0) is 59.5 Å². The maximum atomic E-state index is 13.7. The van der Waals surface area contributed by atoms with Crippen LogP contribution < -0.4 is 0 Å². The maximum Gasteiger partial charge on any atom is 0.254 e. The van der Waals surface area contributed by atoms with Crippen LogP contribution in [0, 0.1) is 6.92 Å². The zero-order valence-electron chi connectivity index (χ0n) is 17.7.